The van der Waals surface area contributed by atoms with E-state index in [-0.39, 0.29) is 17.8 Å². The van der Waals surface area contributed by atoms with Crippen molar-refractivity contribution in [3.05, 3.63) is 65.2 Å². The number of carbonyl (C=O) groups excluding carboxylic acids is 2. The van der Waals surface area contributed by atoms with E-state index in [9.17, 15) is 9.59 Å². The molecule has 0 saturated heterocycles. The minimum absolute atomic E-state index is 0.0662. The fourth-order valence-corrected chi connectivity index (χ4v) is 1.98. The molecule has 0 atom stereocenters. The molecular formula is C18H16ClNO3. The third-order valence-corrected chi connectivity index (χ3v) is 3.36. The molecule has 0 aromatic heterocycles. The molecule has 0 unspecified atom stereocenters. The lowest BCUT2D eigenvalue weighted by Crippen LogP contribution is -2.12. The van der Waals surface area contributed by atoms with E-state index < -0.39 is 0 Å². The van der Waals surface area contributed by atoms with Crippen LogP contribution in [0.3, 0.4) is 0 Å². The van der Waals surface area contributed by atoms with Crippen LogP contribution in [0.4, 0.5) is 5.69 Å². The Kier molecular flexibility index (Phi) is 5.94. The summed E-state index contributed by atoms with van der Waals surface area (Å²) in [4.78, 5) is 22.5. The number of ether oxygens (including phenoxy) is 1. The van der Waals surface area contributed by atoms with Crippen LogP contribution in [0.2, 0.25) is 0 Å². The van der Waals surface area contributed by atoms with Gasteiger partial charge in [-0.15, -0.1) is 11.6 Å². The van der Waals surface area contributed by atoms with Gasteiger partial charge in [-0.25, -0.2) is 4.79 Å². The molecule has 1 amide bonds. The van der Waals surface area contributed by atoms with Crippen molar-refractivity contribution in [3.8, 4) is 0 Å². The summed E-state index contributed by atoms with van der Waals surface area (Å²) in [6.07, 6.45) is 3.88. The first-order chi connectivity index (χ1) is 11.1. The predicted octanol–water partition coefficient (Wildman–Crippen LogP) is 3.82. The molecule has 2 aromatic rings. The summed E-state index contributed by atoms with van der Waals surface area (Å²) >= 11 is 5.44. The van der Waals surface area contributed by atoms with E-state index in [0.29, 0.717) is 11.3 Å². The molecule has 1 N–H and O–H groups in total. The van der Waals surface area contributed by atoms with E-state index in [2.05, 4.69) is 10.1 Å². The van der Waals surface area contributed by atoms with Crippen molar-refractivity contribution in [1.82, 2.24) is 0 Å². The van der Waals surface area contributed by atoms with E-state index in [0.717, 1.165) is 11.1 Å². The zero-order valence-electron chi connectivity index (χ0n) is 12.6. The average molecular weight is 330 g/mol. The topological polar surface area (TPSA) is 55.4 Å². The number of hydrogen-bond donors (Lipinski definition) is 1. The molecule has 0 aliphatic rings. The number of benzene rings is 2. The Morgan fingerprint density at radius 3 is 2.00 bits per heavy atom. The number of halogens is 1. The van der Waals surface area contributed by atoms with Gasteiger partial charge < -0.3 is 10.1 Å². The summed E-state index contributed by atoms with van der Waals surface area (Å²) in [6.45, 7) is 0. The Hall–Kier alpha value is -2.59. The second kappa shape index (κ2) is 8.15. The quantitative estimate of drug-likeness (QED) is 0.515. The number of alkyl halides is 1. The molecule has 0 fully saturated rings. The van der Waals surface area contributed by atoms with Crippen molar-refractivity contribution in [3.63, 3.8) is 0 Å². The van der Waals surface area contributed by atoms with Gasteiger partial charge in [-0.05, 0) is 35.4 Å². The van der Waals surface area contributed by atoms with E-state index >= 15 is 0 Å². The van der Waals surface area contributed by atoms with Gasteiger partial charge in [-0.2, -0.15) is 0 Å². The minimum Gasteiger partial charge on any atom is -0.465 e. The number of nitrogens with one attached hydrogen (secondary N) is 1. The molecule has 0 saturated carbocycles. The maximum absolute atomic E-state index is 11.4. The van der Waals surface area contributed by atoms with Gasteiger partial charge in [0.05, 0.1) is 12.7 Å². The minimum atomic E-state index is -0.352. The van der Waals surface area contributed by atoms with Crippen LogP contribution in [-0.4, -0.2) is 24.9 Å². The summed E-state index contributed by atoms with van der Waals surface area (Å²) in [6, 6.07) is 14.5. The number of rotatable bonds is 5. The van der Waals surface area contributed by atoms with Crippen molar-refractivity contribution in [2.45, 2.75) is 0 Å². The molecule has 0 heterocycles. The van der Waals surface area contributed by atoms with E-state index in [1.807, 2.05) is 48.6 Å². The van der Waals surface area contributed by atoms with Gasteiger partial charge in [0, 0.05) is 5.69 Å². The maximum Gasteiger partial charge on any atom is 0.337 e. The highest BCUT2D eigenvalue weighted by Gasteiger charge is 2.03. The Labute approximate surface area is 139 Å². The zero-order valence-corrected chi connectivity index (χ0v) is 13.3. The molecule has 0 aliphatic heterocycles. The van der Waals surface area contributed by atoms with Gasteiger partial charge >= 0.3 is 5.97 Å². The Morgan fingerprint density at radius 2 is 1.52 bits per heavy atom. The number of hydrogen-bond acceptors (Lipinski definition) is 3. The van der Waals surface area contributed by atoms with Gasteiger partial charge in [0.15, 0.2) is 0 Å². The third-order valence-electron chi connectivity index (χ3n) is 3.12. The largest absolute Gasteiger partial charge is 0.465 e. The lowest BCUT2D eigenvalue weighted by molar-refractivity contribution is -0.113. The Morgan fingerprint density at radius 1 is 1.00 bits per heavy atom. The molecule has 0 spiro atoms. The van der Waals surface area contributed by atoms with Crippen molar-refractivity contribution in [2.24, 2.45) is 0 Å². The number of esters is 1. The highest BCUT2D eigenvalue weighted by Crippen LogP contribution is 2.13. The molecular weight excluding hydrogens is 314 g/mol. The summed E-state index contributed by atoms with van der Waals surface area (Å²) in [5, 5.41) is 2.68. The molecule has 5 heteroatoms. The van der Waals surface area contributed by atoms with Gasteiger partial charge in [0.25, 0.3) is 0 Å². The van der Waals surface area contributed by atoms with Crippen molar-refractivity contribution >= 4 is 41.3 Å². The highest BCUT2D eigenvalue weighted by molar-refractivity contribution is 6.29. The van der Waals surface area contributed by atoms with Crippen LogP contribution in [0.15, 0.2) is 48.5 Å². The normalized spacial score (nSPS) is 10.5. The van der Waals surface area contributed by atoms with Gasteiger partial charge in [-0.3, -0.25) is 4.79 Å². The van der Waals surface area contributed by atoms with Crippen LogP contribution >= 0.6 is 11.6 Å². The van der Waals surface area contributed by atoms with Crippen LogP contribution in [0.1, 0.15) is 21.5 Å². The second-order valence-electron chi connectivity index (χ2n) is 4.75. The first-order valence-electron chi connectivity index (χ1n) is 6.94. The lowest BCUT2D eigenvalue weighted by atomic mass is 10.1. The smallest absolute Gasteiger partial charge is 0.337 e. The first-order valence-corrected chi connectivity index (χ1v) is 7.48. The van der Waals surface area contributed by atoms with Gasteiger partial charge in [-0.1, -0.05) is 36.4 Å². The molecule has 23 heavy (non-hydrogen) atoms. The van der Waals surface area contributed by atoms with Crippen molar-refractivity contribution in [1.29, 1.82) is 0 Å². The average Bonchev–Trinajstić information content (AvgIpc) is 2.60. The zero-order chi connectivity index (χ0) is 16.7. The second-order valence-corrected chi connectivity index (χ2v) is 5.02. The molecule has 118 valence electrons. The monoisotopic (exact) mass is 329 g/mol. The number of anilines is 1. The third kappa shape index (κ3) is 4.97. The summed E-state index contributed by atoms with van der Waals surface area (Å²) in [5.41, 5.74) is 3.18. The standard InChI is InChI=1S/C18H16ClNO3/c1-23-18(22)15-8-4-13(5-9-15)2-3-14-6-10-16(11-7-14)20-17(21)12-19/h2-11H,12H2,1H3,(H,20,21). The molecule has 2 aromatic carbocycles. The van der Waals surface area contributed by atoms with E-state index in [1.54, 1.807) is 12.1 Å². The lowest BCUT2D eigenvalue weighted by Gasteiger charge is -2.03. The van der Waals surface area contributed by atoms with Crippen molar-refractivity contribution in [2.75, 3.05) is 18.3 Å². The molecule has 0 aliphatic carbocycles. The maximum atomic E-state index is 11.4. The van der Waals surface area contributed by atoms with E-state index in [4.69, 9.17) is 11.6 Å². The molecule has 4 nitrogen and oxygen atoms in total. The van der Waals surface area contributed by atoms with Crippen molar-refractivity contribution < 1.29 is 14.3 Å². The predicted molar refractivity (Wildman–Crippen MR) is 92.5 cm³/mol. The first kappa shape index (κ1) is 16.8. The van der Waals surface area contributed by atoms with Crippen LogP contribution in [0, 0.1) is 0 Å². The fraction of sp³-hybridized carbons (Fsp3) is 0.111. The molecule has 0 bridgehead atoms. The SMILES string of the molecule is COC(=O)c1ccc(C=Cc2ccc(NC(=O)CCl)cc2)cc1. The van der Waals surface area contributed by atoms with Gasteiger partial charge in [0.1, 0.15) is 5.88 Å². The number of carbonyl (C=O) groups is 2. The van der Waals surface area contributed by atoms with Crippen LogP contribution in [0.5, 0.6) is 0 Å². The van der Waals surface area contributed by atoms with Crippen LogP contribution in [0.25, 0.3) is 12.2 Å². The van der Waals surface area contributed by atoms with E-state index in [1.165, 1.54) is 7.11 Å². The highest BCUT2D eigenvalue weighted by atomic mass is 35.5. The Balaban J connectivity index is 2.02. The summed E-state index contributed by atoms with van der Waals surface area (Å²) in [7, 11) is 1.36. The van der Waals surface area contributed by atoms with Gasteiger partial charge in [0.2, 0.25) is 5.91 Å². The molecule has 2 rings (SSSR count). The number of methoxy groups -OCH3 is 1. The van der Waals surface area contributed by atoms with Crippen LogP contribution < -0.4 is 5.32 Å². The fourth-order valence-electron chi connectivity index (χ4n) is 1.91. The Bertz CT molecular complexity index is 706. The van der Waals surface area contributed by atoms with Crippen LogP contribution in [-0.2, 0) is 9.53 Å². The molecule has 0 radical (unpaired) electrons. The summed E-state index contributed by atoms with van der Waals surface area (Å²) < 4.78 is 4.66. The summed E-state index contributed by atoms with van der Waals surface area (Å²) in [5.74, 6) is -0.654. The number of amides is 1.